The molecule has 0 unspecified atom stereocenters. The molecule has 0 atom stereocenters. The Kier molecular flexibility index (Phi) is 5.51. The van der Waals surface area contributed by atoms with Crippen molar-refractivity contribution in [1.29, 1.82) is 0 Å². The minimum atomic E-state index is -0.349. The molecule has 1 amide bonds. The number of imidazole rings is 1. The van der Waals surface area contributed by atoms with Gasteiger partial charge in [0.05, 0.1) is 11.4 Å². The molecule has 0 bridgehead atoms. The highest BCUT2D eigenvalue weighted by atomic mass is 32.2. The molecule has 2 heterocycles. The zero-order chi connectivity index (χ0) is 21.9. The third-order valence-corrected chi connectivity index (χ3v) is 5.79. The van der Waals surface area contributed by atoms with Gasteiger partial charge in [0.1, 0.15) is 5.82 Å². The van der Waals surface area contributed by atoms with E-state index < -0.39 is 0 Å². The Morgan fingerprint density at radius 1 is 1.03 bits per heavy atom. The Balaban J connectivity index is 1.39. The number of amides is 1. The summed E-state index contributed by atoms with van der Waals surface area (Å²) < 4.78 is 25.9. The van der Waals surface area contributed by atoms with E-state index in [-0.39, 0.29) is 24.3 Å². The van der Waals surface area contributed by atoms with Gasteiger partial charge in [-0.25, -0.2) is 9.37 Å². The average molecular weight is 447 g/mol. The number of para-hydroxylation sites is 1. The van der Waals surface area contributed by atoms with Gasteiger partial charge in [0.25, 0.3) is 0 Å². The summed E-state index contributed by atoms with van der Waals surface area (Å²) in [4.78, 5) is 17.2. The van der Waals surface area contributed by atoms with Crippen LogP contribution in [0.4, 0.5) is 10.1 Å². The molecule has 1 N–H and O–H groups in total. The number of nitrogens with one attached hydrogen (secondary N) is 1. The zero-order valence-corrected chi connectivity index (χ0v) is 17.6. The largest absolute Gasteiger partial charge is 0.454 e. The average Bonchev–Trinajstić information content (AvgIpc) is 3.46. The van der Waals surface area contributed by atoms with Crippen molar-refractivity contribution in [2.45, 2.75) is 5.16 Å². The van der Waals surface area contributed by atoms with Crippen molar-refractivity contribution in [2.24, 2.45) is 0 Å². The second kappa shape index (κ2) is 8.76. The summed E-state index contributed by atoms with van der Waals surface area (Å²) in [7, 11) is 0. The van der Waals surface area contributed by atoms with Crippen molar-refractivity contribution in [3.8, 4) is 28.4 Å². The molecule has 5 rings (SSSR count). The maximum Gasteiger partial charge on any atom is 0.234 e. The van der Waals surface area contributed by atoms with E-state index >= 15 is 0 Å². The number of halogens is 1. The van der Waals surface area contributed by atoms with E-state index in [9.17, 15) is 9.18 Å². The van der Waals surface area contributed by atoms with Crippen LogP contribution in [-0.4, -0.2) is 28.0 Å². The molecular weight excluding hydrogens is 429 g/mol. The van der Waals surface area contributed by atoms with Gasteiger partial charge in [-0.15, -0.1) is 0 Å². The molecule has 160 valence electrons. The number of benzene rings is 3. The molecule has 8 heteroatoms. The smallest absolute Gasteiger partial charge is 0.234 e. The van der Waals surface area contributed by atoms with Crippen LogP contribution < -0.4 is 14.8 Å². The number of fused-ring (bicyclic) bond motifs is 1. The van der Waals surface area contributed by atoms with E-state index in [1.165, 1.54) is 36.0 Å². The lowest BCUT2D eigenvalue weighted by molar-refractivity contribution is -0.113. The Labute approximate surface area is 188 Å². The molecule has 0 saturated heterocycles. The number of ether oxygens (including phenoxy) is 2. The highest BCUT2D eigenvalue weighted by Crippen LogP contribution is 2.36. The fraction of sp³-hybridized carbons (Fsp3) is 0.0833. The molecule has 0 radical (unpaired) electrons. The summed E-state index contributed by atoms with van der Waals surface area (Å²) >= 11 is 1.32. The zero-order valence-electron chi connectivity index (χ0n) is 16.8. The third kappa shape index (κ3) is 4.31. The number of hydrogen-bond donors (Lipinski definition) is 1. The number of aromatic nitrogens is 2. The van der Waals surface area contributed by atoms with Crippen LogP contribution in [-0.2, 0) is 4.79 Å². The standard InChI is InChI=1S/C24H18FN3O3S/c25-17-7-9-18(10-8-17)26-23(29)14-32-24-27-20(13-28(24)19-4-2-1-3-5-19)16-6-11-21-22(12-16)31-15-30-21/h1-13H,14-15H2,(H,26,29). The summed E-state index contributed by atoms with van der Waals surface area (Å²) in [5.41, 5.74) is 3.13. The van der Waals surface area contributed by atoms with Gasteiger partial charge in [0.15, 0.2) is 16.7 Å². The maximum atomic E-state index is 13.1. The first-order chi connectivity index (χ1) is 15.7. The van der Waals surface area contributed by atoms with Crippen LogP contribution in [0.2, 0.25) is 0 Å². The number of nitrogens with zero attached hydrogens (tertiary/aromatic N) is 2. The van der Waals surface area contributed by atoms with Crippen LogP contribution >= 0.6 is 11.8 Å². The lowest BCUT2D eigenvalue weighted by atomic mass is 10.1. The van der Waals surface area contributed by atoms with Crippen LogP contribution in [0.25, 0.3) is 16.9 Å². The summed E-state index contributed by atoms with van der Waals surface area (Å²) in [6.07, 6.45) is 1.94. The lowest BCUT2D eigenvalue weighted by Gasteiger charge is -2.08. The Morgan fingerprint density at radius 2 is 1.81 bits per heavy atom. The van der Waals surface area contributed by atoms with Gasteiger partial charge in [-0.1, -0.05) is 30.0 Å². The molecule has 0 saturated carbocycles. The van der Waals surface area contributed by atoms with E-state index in [2.05, 4.69) is 5.32 Å². The molecule has 1 aromatic heterocycles. The number of carbonyl (C=O) groups is 1. The van der Waals surface area contributed by atoms with Crippen LogP contribution in [0.3, 0.4) is 0 Å². The van der Waals surface area contributed by atoms with Gasteiger partial charge in [-0.3, -0.25) is 9.36 Å². The van der Waals surface area contributed by atoms with Crippen LogP contribution in [0.1, 0.15) is 0 Å². The maximum absolute atomic E-state index is 13.1. The Bertz CT molecular complexity index is 1260. The molecule has 1 aliphatic rings. The number of thioether (sulfide) groups is 1. The van der Waals surface area contributed by atoms with Crippen molar-refractivity contribution in [3.63, 3.8) is 0 Å². The van der Waals surface area contributed by atoms with Crippen LogP contribution in [0.15, 0.2) is 84.1 Å². The molecule has 32 heavy (non-hydrogen) atoms. The minimum Gasteiger partial charge on any atom is -0.454 e. The number of anilines is 1. The van der Waals surface area contributed by atoms with Crippen molar-refractivity contribution >= 4 is 23.4 Å². The van der Waals surface area contributed by atoms with Gasteiger partial charge in [0.2, 0.25) is 12.7 Å². The van der Waals surface area contributed by atoms with Crippen molar-refractivity contribution in [2.75, 3.05) is 17.9 Å². The second-order valence-corrected chi connectivity index (χ2v) is 7.97. The molecule has 0 spiro atoms. The predicted molar refractivity (Wildman–Crippen MR) is 121 cm³/mol. The van der Waals surface area contributed by atoms with E-state index in [1.54, 1.807) is 0 Å². The quantitative estimate of drug-likeness (QED) is 0.415. The van der Waals surface area contributed by atoms with Gasteiger partial charge < -0.3 is 14.8 Å². The topological polar surface area (TPSA) is 65.4 Å². The normalized spacial score (nSPS) is 12.0. The fourth-order valence-corrected chi connectivity index (χ4v) is 4.09. The molecule has 0 aliphatic carbocycles. The molecular formula is C24H18FN3O3S. The third-order valence-electron chi connectivity index (χ3n) is 4.84. The predicted octanol–water partition coefficient (Wildman–Crippen LogP) is 5.14. The number of carbonyl (C=O) groups excluding carboxylic acids is 1. The van der Waals surface area contributed by atoms with Gasteiger partial charge >= 0.3 is 0 Å². The van der Waals surface area contributed by atoms with E-state index in [0.717, 1.165) is 16.9 Å². The first-order valence-corrected chi connectivity index (χ1v) is 10.9. The summed E-state index contributed by atoms with van der Waals surface area (Å²) in [5, 5.41) is 3.45. The summed E-state index contributed by atoms with van der Waals surface area (Å²) in [6, 6.07) is 21.2. The van der Waals surface area contributed by atoms with E-state index in [1.807, 2.05) is 59.3 Å². The highest BCUT2D eigenvalue weighted by molar-refractivity contribution is 7.99. The first-order valence-electron chi connectivity index (χ1n) is 9.89. The van der Waals surface area contributed by atoms with Gasteiger partial charge in [-0.05, 0) is 54.6 Å². The van der Waals surface area contributed by atoms with Crippen molar-refractivity contribution in [1.82, 2.24) is 9.55 Å². The molecule has 0 fully saturated rings. The lowest BCUT2D eigenvalue weighted by Crippen LogP contribution is -2.14. The van der Waals surface area contributed by atoms with Crippen LogP contribution in [0, 0.1) is 5.82 Å². The summed E-state index contributed by atoms with van der Waals surface area (Å²) in [6.45, 7) is 0.210. The van der Waals surface area contributed by atoms with E-state index in [4.69, 9.17) is 14.5 Å². The number of rotatable bonds is 6. The molecule has 4 aromatic rings. The van der Waals surface area contributed by atoms with Gasteiger partial charge in [0, 0.05) is 23.1 Å². The monoisotopic (exact) mass is 447 g/mol. The van der Waals surface area contributed by atoms with Crippen molar-refractivity contribution < 1.29 is 18.7 Å². The SMILES string of the molecule is O=C(CSc1nc(-c2ccc3c(c2)OCO3)cn1-c1ccccc1)Nc1ccc(F)cc1. The Hall–Kier alpha value is -3.78. The summed E-state index contributed by atoms with van der Waals surface area (Å²) in [5.74, 6) is 1.00. The Morgan fingerprint density at radius 3 is 2.62 bits per heavy atom. The highest BCUT2D eigenvalue weighted by Gasteiger charge is 2.18. The van der Waals surface area contributed by atoms with Gasteiger partial charge in [-0.2, -0.15) is 0 Å². The fourth-order valence-electron chi connectivity index (χ4n) is 3.29. The minimum absolute atomic E-state index is 0.155. The van der Waals surface area contributed by atoms with Crippen LogP contribution in [0.5, 0.6) is 11.5 Å². The molecule has 6 nitrogen and oxygen atoms in total. The first kappa shape index (κ1) is 20.1. The van der Waals surface area contributed by atoms with Crippen molar-refractivity contribution in [3.05, 3.63) is 84.8 Å². The van der Waals surface area contributed by atoms with E-state index in [0.29, 0.717) is 22.3 Å². The molecule has 3 aromatic carbocycles. The second-order valence-electron chi connectivity index (χ2n) is 7.03. The number of hydrogen-bond acceptors (Lipinski definition) is 5. The molecule has 1 aliphatic heterocycles.